The van der Waals surface area contributed by atoms with Gasteiger partial charge in [0, 0.05) is 18.0 Å². The van der Waals surface area contributed by atoms with Gasteiger partial charge in [0.05, 0.1) is 0 Å². The van der Waals surface area contributed by atoms with E-state index in [9.17, 15) is 9.59 Å². The first kappa shape index (κ1) is 16.6. The molecule has 0 radical (unpaired) electrons. The smallest absolute Gasteiger partial charge is 0.248 e. The van der Waals surface area contributed by atoms with E-state index < -0.39 is 17.2 Å². The molecule has 0 aliphatic rings. The summed E-state index contributed by atoms with van der Waals surface area (Å²) in [6.45, 7) is -0.207. The summed E-state index contributed by atoms with van der Waals surface area (Å²) in [5, 5.41) is 1.87. The Bertz CT molecular complexity index is 705. The fraction of sp³-hybridized carbons (Fsp3) is 0.125. The summed E-state index contributed by atoms with van der Waals surface area (Å²) in [4.78, 5) is 31.4. The van der Waals surface area contributed by atoms with Crippen LogP contribution in [0.2, 0.25) is 0 Å². The van der Waals surface area contributed by atoms with Crippen molar-refractivity contribution in [3.8, 4) is 0 Å². The number of carbonyl (C=O) groups excluding carboxylic acids is 2. The van der Waals surface area contributed by atoms with Gasteiger partial charge in [-0.15, -0.1) is 0 Å². The van der Waals surface area contributed by atoms with Crippen LogP contribution in [-0.4, -0.2) is 28.5 Å². The molecule has 0 saturated heterocycles. The lowest BCUT2D eigenvalue weighted by Crippen LogP contribution is -2.34. The second-order valence-electron chi connectivity index (χ2n) is 4.65. The number of hydrogen-bond acceptors (Lipinski definition) is 4. The van der Waals surface area contributed by atoms with Crippen molar-refractivity contribution >= 4 is 28.6 Å². The number of aromatic nitrogens is 1. The molecule has 23 heavy (non-hydrogen) atoms. The van der Waals surface area contributed by atoms with E-state index in [1.165, 1.54) is 0 Å². The Morgan fingerprint density at radius 1 is 1.17 bits per heavy atom. The molecule has 2 aromatic rings. The van der Waals surface area contributed by atoms with Gasteiger partial charge in [-0.2, -0.15) is 0 Å². The summed E-state index contributed by atoms with van der Waals surface area (Å²) >= 11 is 5.56. The van der Waals surface area contributed by atoms with Crippen molar-refractivity contribution in [2.45, 2.75) is 6.04 Å². The number of nitrogens with two attached hydrogens (primary N) is 1. The number of hydrogen-bond donors (Lipinski definition) is 2. The van der Waals surface area contributed by atoms with Crippen LogP contribution in [0.5, 0.6) is 0 Å². The van der Waals surface area contributed by atoms with E-state index in [1.807, 2.05) is 0 Å². The Hall–Kier alpha value is -2.73. The SMILES string of the molecule is NC(=NCC(=O)N[C@@H](C(=O)Cl)c1ccccc1)c1ccncc1. The van der Waals surface area contributed by atoms with Gasteiger partial charge in [-0.1, -0.05) is 30.3 Å². The van der Waals surface area contributed by atoms with Gasteiger partial charge in [0.15, 0.2) is 0 Å². The molecule has 1 atom stereocenters. The van der Waals surface area contributed by atoms with Crippen molar-refractivity contribution < 1.29 is 9.59 Å². The van der Waals surface area contributed by atoms with Crippen molar-refractivity contribution in [1.82, 2.24) is 10.3 Å². The van der Waals surface area contributed by atoms with Crippen LogP contribution in [0, 0.1) is 0 Å². The van der Waals surface area contributed by atoms with E-state index in [1.54, 1.807) is 54.9 Å². The number of amidine groups is 1. The van der Waals surface area contributed by atoms with Crippen molar-refractivity contribution in [2.24, 2.45) is 10.7 Å². The van der Waals surface area contributed by atoms with Gasteiger partial charge in [0.2, 0.25) is 11.1 Å². The largest absolute Gasteiger partial charge is 0.383 e. The van der Waals surface area contributed by atoms with Crippen LogP contribution >= 0.6 is 11.6 Å². The first-order valence-corrected chi connectivity index (χ1v) is 7.19. The summed E-state index contributed by atoms with van der Waals surface area (Å²) < 4.78 is 0. The lowest BCUT2D eigenvalue weighted by atomic mass is 10.1. The maximum Gasteiger partial charge on any atom is 0.248 e. The minimum atomic E-state index is -0.914. The van der Waals surface area contributed by atoms with Gasteiger partial charge >= 0.3 is 0 Å². The molecule has 0 spiro atoms. The summed E-state index contributed by atoms with van der Waals surface area (Å²) in [5.41, 5.74) is 7.07. The van der Waals surface area contributed by atoms with Crippen LogP contribution in [0.1, 0.15) is 17.2 Å². The van der Waals surface area contributed by atoms with E-state index >= 15 is 0 Å². The average molecular weight is 331 g/mol. The monoisotopic (exact) mass is 330 g/mol. The highest BCUT2D eigenvalue weighted by molar-refractivity contribution is 6.64. The zero-order valence-corrected chi connectivity index (χ0v) is 12.9. The van der Waals surface area contributed by atoms with E-state index in [0.29, 0.717) is 11.1 Å². The predicted molar refractivity (Wildman–Crippen MR) is 88.0 cm³/mol. The number of carbonyl (C=O) groups is 2. The van der Waals surface area contributed by atoms with Crippen molar-refractivity contribution in [1.29, 1.82) is 0 Å². The fourth-order valence-electron chi connectivity index (χ4n) is 1.89. The molecule has 1 aromatic carbocycles. The van der Waals surface area contributed by atoms with Crippen LogP contribution in [0.25, 0.3) is 0 Å². The topological polar surface area (TPSA) is 97.4 Å². The number of pyridine rings is 1. The molecule has 118 valence electrons. The van der Waals surface area contributed by atoms with E-state index in [0.717, 1.165) is 0 Å². The zero-order chi connectivity index (χ0) is 16.7. The molecule has 1 aromatic heterocycles. The molecule has 7 heteroatoms. The molecule has 6 nitrogen and oxygen atoms in total. The van der Waals surface area contributed by atoms with Crippen LogP contribution in [0.15, 0.2) is 59.9 Å². The molecule has 0 fully saturated rings. The molecule has 2 rings (SSSR count). The van der Waals surface area contributed by atoms with E-state index in [2.05, 4.69) is 15.3 Å². The number of aliphatic imine (C=N–C) groups is 1. The molecule has 1 amide bonds. The Morgan fingerprint density at radius 2 is 1.83 bits per heavy atom. The Morgan fingerprint density at radius 3 is 2.43 bits per heavy atom. The molecule has 1 heterocycles. The first-order valence-electron chi connectivity index (χ1n) is 6.82. The van der Waals surface area contributed by atoms with Gasteiger partial charge < -0.3 is 11.1 Å². The number of halogens is 1. The number of benzene rings is 1. The maximum absolute atomic E-state index is 12.0. The van der Waals surface area contributed by atoms with Gasteiger partial charge in [-0.25, -0.2) is 0 Å². The minimum absolute atomic E-state index is 0.207. The zero-order valence-electron chi connectivity index (χ0n) is 12.1. The van der Waals surface area contributed by atoms with E-state index in [-0.39, 0.29) is 12.4 Å². The van der Waals surface area contributed by atoms with Gasteiger partial charge in [-0.05, 0) is 29.3 Å². The Kier molecular flexibility index (Phi) is 5.82. The normalized spacial score (nSPS) is 12.5. The third-order valence-electron chi connectivity index (χ3n) is 3.03. The highest BCUT2D eigenvalue weighted by Crippen LogP contribution is 2.15. The molecule has 0 unspecified atom stereocenters. The number of nitrogens with zero attached hydrogens (tertiary/aromatic N) is 2. The quantitative estimate of drug-likeness (QED) is 0.475. The second kappa shape index (κ2) is 8.05. The predicted octanol–water partition coefficient (Wildman–Crippen LogP) is 1.41. The number of amides is 1. The molecule has 3 N–H and O–H groups in total. The molecule has 0 saturated carbocycles. The standard InChI is InChI=1S/C16H15ClN4O2/c17-15(23)14(11-4-2-1-3-5-11)21-13(22)10-20-16(18)12-6-8-19-9-7-12/h1-9,14H,10H2,(H2,18,20)(H,21,22)/t14-/m1/s1. The average Bonchev–Trinajstić information content (AvgIpc) is 2.58. The van der Waals surface area contributed by atoms with Crippen LogP contribution in [0.4, 0.5) is 0 Å². The van der Waals surface area contributed by atoms with Crippen molar-refractivity contribution in [2.75, 3.05) is 6.54 Å². The summed E-state index contributed by atoms with van der Waals surface area (Å²) in [5.74, 6) is -0.235. The summed E-state index contributed by atoms with van der Waals surface area (Å²) in [6, 6.07) is 11.2. The van der Waals surface area contributed by atoms with Gasteiger partial charge in [-0.3, -0.25) is 19.6 Å². The fourth-order valence-corrected chi connectivity index (χ4v) is 2.07. The third-order valence-corrected chi connectivity index (χ3v) is 3.25. The maximum atomic E-state index is 12.0. The summed E-state index contributed by atoms with van der Waals surface area (Å²) in [7, 11) is 0. The van der Waals surface area contributed by atoms with Gasteiger partial charge in [0.25, 0.3) is 0 Å². The Balaban J connectivity index is 2.02. The van der Waals surface area contributed by atoms with Crippen LogP contribution in [-0.2, 0) is 9.59 Å². The molecule has 0 aliphatic heterocycles. The highest BCUT2D eigenvalue weighted by atomic mass is 35.5. The van der Waals surface area contributed by atoms with Crippen LogP contribution < -0.4 is 11.1 Å². The van der Waals surface area contributed by atoms with Crippen molar-refractivity contribution in [3.05, 3.63) is 66.0 Å². The third kappa shape index (κ3) is 4.89. The highest BCUT2D eigenvalue weighted by Gasteiger charge is 2.20. The van der Waals surface area contributed by atoms with Crippen LogP contribution in [0.3, 0.4) is 0 Å². The molecule has 0 aliphatic carbocycles. The second-order valence-corrected chi connectivity index (χ2v) is 5.03. The minimum Gasteiger partial charge on any atom is -0.383 e. The summed E-state index contributed by atoms with van der Waals surface area (Å²) in [6.07, 6.45) is 3.16. The molecular weight excluding hydrogens is 316 g/mol. The van der Waals surface area contributed by atoms with E-state index in [4.69, 9.17) is 17.3 Å². The van der Waals surface area contributed by atoms with Gasteiger partial charge in [0.1, 0.15) is 18.4 Å². The number of nitrogens with one attached hydrogen (secondary N) is 1. The lowest BCUT2D eigenvalue weighted by Gasteiger charge is -2.14. The Labute approximate surface area is 138 Å². The number of rotatable bonds is 6. The first-order chi connectivity index (χ1) is 11.1. The van der Waals surface area contributed by atoms with Crippen molar-refractivity contribution in [3.63, 3.8) is 0 Å². The lowest BCUT2D eigenvalue weighted by molar-refractivity contribution is -0.123. The molecular formula is C16H15ClN4O2. The molecule has 0 bridgehead atoms.